The molecule has 0 atom stereocenters. The van der Waals surface area contributed by atoms with Crippen LogP contribution in [0.3, 0.4) is 0 Å². The molecule has 1 aromatic carbocycles. The number of aromatic nitrogens is 3. The Morgan fingerprint density at radius 3 is 2.53 bits per heavy atom. The third-order valence-electron chi connectivity index (χ3n) is 5.31. The fourth-order valence-corrected chi connectivity index (χ4v) is 3.48. The van der Waals surface area contributed by atoms with Crippen LogP contribution >= 0.6 is 0 Å². The number of amides is 2. The van der Waals surface area contributed by atoms with Crippen molar-refractivity contribution in [3.05, 3.63) is 77.4 Å². The molecule has 1 fully saturated rings. The number of aryl methyl sites for hydroxylation is 1. The Labute approximate surface area is 194 Å². The van der Waals surface area contributed by atoms with Gasteiger partial charge in [-0.3, -0.25) is 10.3 Å². The standard InChI is InChI=1S/C24H22F3N5O2/c1-16-22(29-10-9-28-16)31-23(33)32-11-7-17(8-12-32)13-18-3-2-4-20(14-18)34-21-6-5-19(15-30-21)24(25,26)27/h2-6,9-10,13-15H,7-8,11-12H2,1H3,(H,29,31,33). The molecule has 1 aliphatic rings. The zero-order valence-electron chi connectivity index (χ0n) is 18.3. The van der Waals surface area contributed by atoms with Crippen molar-refractivity contribution in [2.75, 3.05) is 18.4 Å². The van der Waals surface area contributed by atoms with Crippen LogP contribution in [-0.2, 0) is 6.18 Å². The van der Waals surface area contributed by atoms with Crippen LogP contribution < -0.4 is 10.1 Å². The number of nitrogens with one attached hydrogen (secondary N) is 1. The van der Waals surface area contributed by atoms with E-state index in [9.17, 15) is 18.0 Å². The first kappa shape index (κ1) is 23.2. The molecule has 0 spiro atoms. The molecule has 3 aromatic rings. The SMILES string of the molecule is Cc1nccnc1NC(=O)N1CCC(=Cc2cccc(Oc3ccc(C(F)(F)F)cn3)c2)CC1. The Bertz CT molecular complexity index is 1190. The number of pyridine rings is 1. The third kappa shape index (κ3) is 5.89. The summed E-state index contributed by atoms with van der Waals surface area (Å²) < 4.78 is 43.7. The van der Waals surface area contributed by atoms with Gasteiger partial charge in [0.15, 0.2) is 5.82 Å². The van der Waals surface area contributed by atoms with E-state index in [4.69, 9.17) is 4.74 Å². The molecule has 34 heavy (non-hydrogen) atoms. The highest BCUT2D eigenvalue weighted by molar-refractivity contribution is 5.88. The number of ether oxygens (including phenoxy) is 1. The van der Waals surface area contributed by atoms with Crippen LogP contribution in [0.5, 0.6) is 11.6 Å². The van der Waals surface area contributed by atoms with E-state index in [0.717, 1.165) is 30.7 Å². The predicted molar refractivity (Wildman–Crippen MR) is 120 cm³/mol. The van der Waals surface area contributed by atoms with Gasteiger partial charge in [-0.1, -0.05) is 23.8 Å². The molecule has 1 aliphatic heterocycles. The molecule has 0 bridgehead atoms. The number of nitrogens with zero attached hydrogens (tertiary/aromatic N) is 4. The van der Waals surface area contributed by atoms with Crippen LogP contribution in [0, 0.1) is 6.92 Å². The van der Waals surface area contributed by atoms with Crippen LogP contribution in [0.4, 0.5) is 23.8 Å². The molecule has 0 radical (unpaired) electrons. The predicted octanol–water partition coefficient (Wildman–Crippen LogP) is 5.70. The minimum atomic E-state index is -4.44. The molecule has 10 heteroatoms. The number of hydrogen-bond donors (Lipinski definition) is 1. The molecule has 0 saturated carbocycles. The Hall–Kier alpha value is -3.95. The molecule has 0 unspecified atom stereocenters. The summed E-state index contributed by atoms with van der Waals surface area (Å²) in [4.78, 5) is 26.3. The summed E-state index contributed by atoms with van der Waals surface area (Å²) in [5.41, 5.74) is 1.91. The van der Waals surface area contributed by atoms with Crippen LogP contribution in [0.15, 0.2) is 60.6 Å². The number of carbonyl (C=O) groups is 1. The van der Waals surface area contributed by atoms with E-state index >= 15 is 0 Å². The van der Waals surface area contributed by atoms with Crippen molar-refractivity contribution < 1.29 is 22.7 Å². The van der Waals surface area contributed by atoms with Crippen molar-refractivity contribution in [1.29, 1.82) is 0 Å². The van der Waals surface area contributed by atoms with E-state index in [1.54, 1.807) is 36.2 Å². The van der Waals surface area contributed by atoms with Gasteiger partial charge in [-0.05, 0) is 43.5 Å². The lowest BCUT2D eigenvalue weighted by atomic mass is 10.0. The molecule has 176 valence electrons. The van der Waals surface area contributed by atoms with Gasteiger partial charge >= 0.3 is 12.2 Å². The molecule has 7 nitrogen and oxygen atoms in total. The number of alkyl halides is 3. The normalized spacial score (nSPS) is 14.0. The van der Waals surface area contributed by atoms with Crippen molar-refractivity contribution >= 4 is 17.9 Å². The van der Waals surface area contributed by atoms with Crippen molar-refractivity contribution in [2.45, 2.75) is 25.9 Å². The van der Waals surface area contributed by atoms with Gasteiger partial charge in [0.25, 0.3) is 0 Å². The number of piperidine rings is 1. The Morgan fingerprint density at radius 2 is 1.85 bits per heavy atom. The number of benzene rings is 1. The highest BCUT2D eigenvalue weighted by Crippen LogP contribution is 2.30. The second kappa shape index (κ2) is 9.90. The lowest BCUT2D eigenvalue weighted by Crippen LogP contribution is -2.39. The molecular weight excluding hydrogens is 447 g/mol. The molecule has 1 saturated heterocycles. The highest BCUT2D eigenvalue weighted by atomic mass is 19.4. The van der Waals surface area contributed by atoms with Gasteiger partial charge < -0.3 is 9.64 Å². The average molecular weight is 469 g/mol. The lowest BCUT2D eigenvalue weighted by Gasteiger charge is -2.28. The molecule has 1 N–H and O–H groups in total. The van der Waals surface area contributed by atoms with Gasteiger partial charge in [0.05, 0.1) is 11.3 Å². The zero-order valence-corrected chi connectivity index (χ0v) is 18.3. The number of carbonyl (C=O) groups excluding carboxylic acids is 1. The molecule has 2 amide bonds. The average Bonchev–Trinajstić information content (AvgIpc) is 2.81. The fourth-order valence-electron chi connectivity index (χ4n) is 3.48. The Morgan fingerprint density at radius 1 is 1.09 bits per heavy atom. The minimum absolute atomic E-state index is 0.0791. The maximum atomic E-state index is 12.7. The van der Waals surface area contributed by atoms with E-state index in [1.165, 1.54) is 17.8 Å². The van der Waals surface area contributed by atoms with E-state index in [2.05, 4.69) is 20.3 Å². The Balaban J connectivity index is 1.35. The number of rotatable bonds is 4. The first-order valence-corrected chi connectivity index (χ1v) is 10.6. The summed E-state index contributed by atoms with van der Waals surface area (Å²) in [7, 11) is 0. The van der Waals surface area contributed by atoms with Crippen molar-refractivity contribution in [3.63, 3.8) is 0 Å². The number of urea groups is 1. The van der Waals surface area contributed by atoms with Gasteiger partial charge in [0, 0.05) is 37.7 Å². The van der Waals surface area contributed by atoms with E-state index in [-0.39, 0.29) is 11.9 Å². The second-order valence-electron chi connectivity index (χ2n) is 7.77. The van der Waals surface area contributed by atoms with Crippen LogP contribution in [-0.4, -0.2) is 39.0 Å². The van der Waals surface area contributed by atoms with Crippen LogP contribution in [0.25, 0.3) is 6.08 Å². The van der Waals surface area contributed by atoms with Gasteiger partial charge in [0.2, 0.25) is 5.88 Å². The quantitative estimate of drug-likeness (QED) is 0.530. The minimum Gasteiger partial charge on any atom is -0.439 e. The number of anilines is 1. The summed E-state index contributed by atoms with van der Waals surface area (Å²) in [5, 5.41) is 2.80. The molecule has 2 aromatic heterocycles. The van der Waals surface area contributed by atoms with Crippen molar-refractivity contribution in [1.82, 2.24) is 19.9 Å². The van der Waals surface area contributed by atoms with E-state index < -0.39 is 11.7 Å². The fraction of sp³-hybridized carbons (Fsp3) is 0.250. The summed E-state index contributed by atoms with van der Waals surface area (Å²) in [6.07, 6.45) is 2.89. The molecule has 4 rings (SSSR count). The smallest absolute Gasteiger partial charge is 0.417 e. The highest BCUT2D eigenvalue weighted by Gasteiger charge is 2.30. The maximum absolute atomic E-state index is 12.7. The second-order valence-corrected chi connectivity index (χ2v) is 7.77. The first-order valence-electron chi connectivity index (χ1n) is 10.6. The zero-order chi connectivity index (χ0) is 24.1. The summed E-state index contributed by atoms with van der Waals surface area (Å²) in [6.45, 7) is 2.93. The molecular formula is C24H22F3N5O2. The summed E-state index contributed by atoms with van der Waals surface area (Å²) in [6, 6.07) is 9.14. The number of hydrogen-bond acceptors (Lipinski definition) is 5. The molecule has 3 heterocycles. The van der Waals surface area contributed by atoms with E-state index in [0.29, 0.717) is 30.4 Å². The summed E-state index contributed by atoms with van der Waals surface area (Å²) in [5.74, 6) is 1.00. The van der Waals surface area contributed by atoms with Gasteiger partial charge in [-0.25, -0.2) is 14.8 Å². The first-order chi connectivity index (χ1) is 16.3. The maximum Gasteiger partial charge on any atom is 0.417 e. The third-order valence-corrected chi connectivity index (χ3v) is 5.31. The van der Waals surface area contributed by atoms with Crippen molar-refractivity contribution in [3.8, 4) is 11.6 Å². The van der Waals surface area contributed by atoms with Gasteiger partial charge in [-0.15, -0.1) is 0 Å². The van der Waals surface area contributed by atoms with Gasteiger partial charge in [-0.2, -0.15) is 13.2 Å². The largest absolute Gasteiger partial charge is 0.439 e. The van der Waals surface area contributed by atoms with Crippen LogP contribution in [0.1, 0.15) is 29.7 Å². The lowest BCUT2D eigenvalue weighted by molar-refractivity contribution is -0.137. The van der Waals surface area contributed by atoms with Gasteiger partial charge in [0.1, 0.15) is 5.75 Å². The van der Waals surface area contributed by atoms with Crippen LogP contribution in [0.2, 0.25) is 0 Å². The molecule has 0 aliphatic carbocycles. The Kier molecular flexibility index (Phi) is 6.76. The number of halogens is 3. The van der Waals surface area contributed by atoms with Crippen molar-refractivity contribution in [2.24, 2.45) is 0 Å². The summed E-state index contributed by atoms with van der Waals surface area (Å²) >= 11 is 0. The monoisotopic (exact) mass is 469 g/mol. The topological polar surface area (TPSA) is 80.2 Å². The number of likely N-dealkylation sites (tertiary alicyclic amines) is 1. The van der Waals surface area contributed by atoms with E-state index in [1.807, 2.05) is 12.1 Å².